The zero-order chi connectivity index (χ0) is 12.9. The standard InChI is InChI=1S/C17H23NO/c1-2-4-15(5-3-1)13-19-17-10-6-14(7-11-17)12-18-16-8-9-16/h1-2,6-7,10-11,15-16,18H,3-5,8-9,12-13H2/t15-/m0/s1. The Balaban J connectivity index is 1.43. The Labute approximate surface area is 115 Å². The van der Waals surface area contributed by atoms with E-state index in [4.69, 9.17) is 4.74 Å². The van der Waals surface area contributed by atoms with Crippen molar-refractivity contribution in [2.24, 2.45) is 5.92 Å². The molecule has 0 aliphatic heterocycles. The van der Waals surface area contributed by atoms with Crippen LogP contribution in [-0.4, -0.2) is 12.6 Å². The number of hydrogen-bond acceptors (Lipinski definition) is 2. The fourth-order valence-corrected chi connectivity index (χ4v) is 2.47. The Bertz CT molecular complexity index is 419. The van der Waals surface area contributed by atoms with Gasteiger partial charge in [0.05, 0.1) is 6.61 Å². The molecule has 2 heteroatoms. The molecular formula is C17H23NO. The van der Waals surface area contributed by atoms with E-state index in [0.29, 0.717) is 5.92 Å². The van der Waals surface area contributed by atoms with Gasteiger partial charge in [-0.3, -0.25) is 0 Å². The highest BCUT2D eigenvalue weighted by atomic mass is 16.5. The van der Waals surface area contributed by atoms with Gasteiger partial charge in [-0.1, -0.05) is 24.3 Å². The van der Waals surface area contributed by atoms with Crippen LogP contribution in [-0.2, 0) is 6.54 Å². The van der Waals surface area contributed by atoms with Gasteiger partial charge in [0.1, 0.15) is 5.75 Å². The van der Waals surface area contributed by atoms with Crippen molar-refractivity contribution in [3.8, 4) is 5.75 Å². The molecule has 1 aromatic carbocycles. The molecule has 102 valence electrons. The number of nitrogens with one attached hydrogen (secondary N) is 1. The zero-order valence-corrected chi connectivity index (χ0v) is 11.5. The number of allylic oxidation sites excluding steroid dienone is 2. The van der Waals surface area contributed by atoms with E-state index < -0.39 is 0 Å². The first-order chi connectivity index (χ1) is 9.40. The molecule has 0 aromatic heterocycles. The van der Waals surface area contributed by atoms with Crippen molar-refractivity contribution in [3.05, 3.63) is 42.0 Å². The maximum atomic E-state index is 5.88. The molecule has 0 saturated heterocycles. The van der Waals surface area contributed by atoms with Gasteiger partial charge in [0.25, 0.3) is 0 Å². The van der Waals surface area contributed by atoms with Crippen molar-refractivity contribution < 1.29 is 4.74 Å². The molecule has 1 aromatic rings. The summed E-state index contributed by atoms with van der Waals surface area (Å²) in [6.45, 7) is 1.84. The predicted molar refractivity (Wildman–Crippen MR) is 78.3 cm³/mol. The van der Waals surface area contributed by atoms with Crippen LogP contribution in [0.4, 0.5) is 0 Å². The van der Waals surface area contributed by atoms with Gasteiger partial charge in [-0.25, -0.2) is 0 Å². The second kappa shape index (κ2) is 6.25. The topological polar surface area (TPSA) is 21.3 Å². The molecule has 0 radical (unpaired) electrons. The molecule has 1 atom stereocenters. The minimum Gasteiger partial charge on any atom is -0.493 e. The van der Waals surface area contributed by atoms with E-state index in [1.54, 1.807) is 0 Å². The van der Waals surface area contributed by atoms with Crippen LogP contribution >= 0.6 is 0 Å². The van der Waals surface area contributed by atoms with Gasteiger partial charge < -0.3 is 10.1 Å². The van der Waals surface area contributed by atoms with Crippen LogP contribution in [0.3, 0.4) is 0 Å². The molecule has 3 rings (SSSR count). The Morgan fingerprint density at radius 2 is 1.89 bits per heavy atom. The van der Waals surface area contributed by atoms with Gasteiger partial charge >= 0.3 is 0 Å². The molecule has 0 bridgehead atoms. The SMILES string of the molecule is C1=CC[C@H](COc2ccc(CNC3CC3)cc2)CC1. The molecule has 0 heterocycles. The average molecular weight is 257 g/mol. The lowest BCUT2D eigenvalue weighted by atomic mass is 9.95. The quantitative estimate of drug-likeness (QED) is 0.785. The Kier molecular flexibility index (Phi) is 4.19. The van der Waals surface area contributed by atoms with E-state index >= 15 is 0 Å². The summed E-state index contributed by atoms with van der Waals surface area (Å²) in [4.78, 5) is 0. The highest BCUT2D eigenvalue weighted by Gasteiger charge is 2.19. The Morgan fingerprint density at radius 1 is 1.05 bits per heavy atom. The smallest absolute Gasteiger partial charge is 0.119 e. The van der Waals surface area contributed by atoms with E-state index in [1.807, 2.05) is 0 Å². The Hall–Kier alpha value is -1.28. The summed E-state index contributed by atoms with van der Waals surface area (Å²) in [5, 5.41) is 3.53. The van der Waals surface area contributed by atoms with Crippen LogP contribution < -0.4 is 10.1 Å². The summed E-state index contributed by atoms with van der Waals surface area (Å²) in [6, 6.07) is 9.32. The highest BCUT2D eigenvalue weighted by molar-refractivity contribution is 5.27. The van der Waals surface area contributed by atoms with Crippen molar-refractivity contribution in [1.82, 2.24) is 5.32 Å². The normalized spacial score (nSPS) is 22.4. The molecule has 1 saturated carbocycles. The monoisotopic (exact) mass is 257 g/mol. The Morgan fingerprint density at radius 3 is 2.58 bits per heavy atom. The molecule has 2 aliphatic carbocycles. The summed E-state index contributed by atoms with van der Waals surface area (Å²) in [5.41, 5.74) is 1.35. The number of benzene rings is 1. The highest BCUT2D eigenvalue weighted by Crippen LogP contribution is 2.21. The number of ether oxygens (including phenoxy) is 1. The first-order valence-corrected chi connectivity index (χ1v) is 7.50. The molecular weight excluding hydrogens is 234 g/mol. The van der Waals surface area contributed by atoms with E-state index in [1.165, 1.54) is 37.7 Å². The van der Waals surface area contributed by atoms with Crippen LogP contribution in [0.15, 0.2) is 36.4 Å². The number of hydrogen-bond donors (Lipinski definition) is 1. The first kappa shape index (κ1) is 12.7. The molecule has 0 amide bonds. The largest absolute Gasteiger partial charge is 0.493 e. The predicted octanol–water partition coefficient (Wildman–Crippen LogP) is 3.67. The maximum absolute atomic E-state index is 5.88. The van der Waals surface area contributed by atoms with Gasteiger partial charge in [0.15, 0.2) is 0 Å². The molecule has 2 aliphatic rings. The van der Waals surface area contributed by atoms with Crippen molar-refractivity contribution in [2.45, 2.75) is 44.7 Å². The van der Waals surface area contributed by atoms with Crippen LogP contribution in [0.25, 0.3) is 0 Å². The summed E-state index contributed by atoms with van der Waals surface area (Å²) >= 11 is 0. The van der Waals surface area contributed by atoms with E-state index in [2.05, 4.69) is 41.7 Å². The van der Waals surface area contributed by atoms with Crippen molar-refractivity contribution in [3.63, 3.8) is 0 Å². The van der Waals surface area contributed by atoms with Crippen LogP contribution in [0, 0.1) is 5.92 Å². The van der Waals surface area contributed by atoms with Gasteiger partial charge in [0.2, 0.25) is 0 Å². The summed E-state index contributed by atoms with van der Waals surface area (Å²) in [7, 11) is 0. The fraction of sp³-hybridized carbons (Fsp3) is 0.529. The van der Waals surface area contributed by atoms with Crippen LogP contribution in [0.5, 0.6) is 5.75 Å². The average Bonchev–Trinajstić information content (AvgIpc) is 3.29. The zero-order valence-electron chi connectivity index (χ0n) is 11.5. The van der Waals surface area contributed by atoms with E-state index in [9.17, 15) is 0 Å². The van der Waals surface area contributed by atoms with Gasteiger partial charge in [-0.15, -0.1) is 0 Å². The molecule has 0 spiro atoms. The molecule has 2 nitrogen and oxygen atoms in total. The lowest BCUT2D eigenvalue weighted by Gasteiger charge is -2.18. The lowest BCUT2D eigenvalue weighted by Crippen LogP contribution is -2.15. The van der Waals surface area contributed by atoms with Crippen molar-refractivity contribution in [2.75, 3.05) is 6.61 Å². The van der Waals surface area contributed by atoms with E-state index in [0.717, 1.165) is 24.9 Å². The lowest BCUT2D eigenvalue weighted by molar-refractivity contribution is 0.239. The van der Waals surface area contributed by atoms with Crippen LogP contribution in [0.1, 0.15) is 37.7 Å². The maximum Gasteiger partial charge on any atom is 0.119 e. The molecule has 19 heavy (non-hydrogen) atoms. The van der Waals surface area contributed by atoms with Gasteiger partial charge in [-0.05, 0) is 55.7 Å². The second-order valence-corrected chi connectivity index (χ2v) is 5.76. The summed E-state index contributed by atoms with van der Waals surface area (Å²) in [6.07, 6.45) is 10.9. The third kappa shape index (κ3) is 4.10. The third-order valence-corrected chi connectivity index (χ3v) is 3.96. The van der Waals surface area contributed by atoms with Crippen LogP contribution in [0.2, 0.25) is 0 Å². The summed E-state index contributed by atoms with van der Waals surface area (Å²) in [5.74, 6) is 1.70. The fourth-order valence-electron chi connectivity index (χ4n) is 2.47. The molecule has 1 N–H and O–H groups in total. The minimum absolute atomic E-state index is 0.696. The second-order valence-electron chi connectivity index (χ2n) is 5.76. The van der Waals surface area contributed by atoms with Crippen molar-refractivity contribution in [1.29, 1.82) is 0 Å². The first-order valence-electron chi connectivity index (χ1n) is 7.50. The molecule has 0 unspecified atom stereocenters. The number of rotatable bonds is 6. The van der Waals surface area contributed by atoms with Crippen molar-refractivity contribution >= 4 is 0 Å². The third-order valence-electron chi connectivity index (χ3n) is 3.96. The van der Waals surface area contributed by atoms with Gasteiger partial charge in [-0.2, -0.15) is 0 Å². The molecule has 1 fully saturated rings. The van der Waals surface area contributed by atoms with Gasteiger partial charge in [0, 0.05) is 12.6 Å². The summed E-state index contributed by atoms with van der Waals surface area (Å²) < 4.78 is 5.88. The minimum atomic E-state index is 0.696. The van der Waals surface area contributed by atoms with E-state index in [-0.39, 0.29) is 0 Å².